The third-order valence-corrected chi connectivity index (χ3v) is 6.08. The predicted octanol–water partition coefficient (Wildman–Crippen LogP) is 1.65. The molecule has 0 spiro atoms. The van der Waals surface area contributed by atoms with Crippen molar-refractivity contribution >= 4 is 11.6 Å². The monoisotopic (exact) mass is 487 g/mol. The summed E-state index contributed by atoms with van der Waals surface area (Å²) >= 11 is 0. The average molecular weight is 488 g/mol. The standard InChI is InChI=1S/C25H25N7O4/c1-2-31-24(34)20(28-32(25(31)35)18-11-4-3-5-12-18)21-27-23(36-29-21)22(33)26-14-16-30-15-8-10-17-9-6-7-13-19(17)30/h3-7,9,11-13H,2,8,10,14-16H2,1H3,(H,26,33). The number of amides is 1. The fourth-order valence-corrected chi connectivity index (χ4v) is 4.31. The summed E-state index contributed by atoms with van der Waals surface area (Å²) in [7, 11) is 0. The summed E-state index contributed by atoms with van der Waals surface area (Å²) in [6.45, 7) is 3.74. The Hall–Kier alpha value is -4.54. The van der Waals surface area contributed by atoms with Crippen LogP contribution in [0.4, 0.5) is 5.69 Å². The summed E-state index contributed by atoms with van der Waals surface area (Å²) in [5, 5.41) is 10.8. The molecular formula is C25H25N7O4. The van der Waals surface area contributed by atoms with E-state index in [4.69, 9.17) is 4.52 Å². The smallest absolute Gasteiger partial charge is 0.352 e. The van der Waals surface area contributed by atoms with Crippen molar-refractivity contribution in [1.82, 2.24) is 29.8 Å². The number of carbonyl (C=O) groups is 1. The van der Waals surface area contributed by atoms with Crippen LogP contribution in [0.2, 0.25) is 0 Å². The molecule has 0 saturated carbocycles. The molecule has 11 nitrogen and oxygen atoms in total. The molecule has 2 aromatic heterocycles. The number of aromatic nitrogens is 5. The van der Waals surface area contributed by atoms with Gasteiger partial charge in [0, 0.05) is 31.9 Å². The van der Waals surface area contributed by atoms with Crippen LogP contribution < -0.4 is 21.5 Å². The minimum atomic E-state index is -0.661. The highest BCUT2D eigenvalue weighted by atomic mass is 16.5. The predicted molar refractivity (Wildman–Crippen MR) is 132 cm³/mol. The van der Waals surface area contributed by atoms with Crippen LogP contribution in [0.25, 0.3) is 17.2 Å². The van der Waals surface area contributed by atoms with Crippen LogP contribution in [0, 0.1) is 0 Å². The lowest BCUT2D eigenvalue weighted by Crippen LogP contribution is -2.41. The third kappa shape index (κ3) is 4.42. The van der Waals surface area contributed by atoms with Gasteiger partial charge < -0.3 is 14.7 Å². The van der Waals surface area contributed by atoms with E-state index in [1.54, 1.807) is 37.3 Å². The summed E-state index contributed by atoms with van der Waals surface area (Å²) < 4.78 is 7.26. The molecule has 3 heterocycles. The highest BCUT2D eigenvalue weighted by Gasteiger charge is 2.23. The fourth-order valence-electron chi connectivity index (χ4n) is 4.31. The van der Waals surface area contributed by atoms with Crippen molar-refractivity contribution in [2.24, 2.45) is 0 Å². The molecule has 0 aliphatic carbocycles. The van der Waals surface area contributed by atoms with E-state index < -0.39 is 17.2 Å². The van der Waals surface area contributed by atoms with Crippen LogP contribution in [-0.4, -0.2) is 50.0 Å². The first-order valence-electron chi connectivity index (χ1n) is 11.8. The number of para-hydroxylation sites is 2. The van der Waals surface area contributed by atoms with Crippen molar-refractivity contribution in [3.8, 4) is 17.2 Å². The summed E-state index contributed by atoms with van der Waals surface area (Å²) in [6, 6.07) is 17.0. The van der Waals surface area contributed by atoms with Gasteiger partial charge in [-0.15, -0.1) is 0 Å². The van der Waals surface area contributed by atoms with E-state index in [-0.39, 0.29) is 24.0 Å². The number of nitrogens with zero attached hydrogens (tertiary/aromatic N) is 6. The first-order valence-corrected chi connectivity index (χ1v) is 11.8. The largest absolute Gasteiger partial charge is 0.370 e. The van der Waals surface area contributed by atoms with Gasteiger partial charge in [-0.3, -0.25) is 14.2 Å². The van der Waals surface area contributed by atoms with Gasteiger partial charge in [0.05, 0.1) is 5.69 Å². The summed E-state index contributed by atoms with van der Waals surface area (Å²) in [5.74, 6) is -1.00. The van der Waals surface area contributed by atoms with Crippen molar-refractivity contribution in [3.05, 3.63) is 86.9 Å². The molecule has 1 N–H and O–H groups in total. The van der Waals surface area contributed by atoms with Crippen LogP contribution in [-0.2, 0) is 13.0 Å². The Bertz CT molecular complexity index is 1510. The van der Waals surface area contributed by atoms with Gasteiger partial charge in [0.25, 0.3) is 5.56 Å². The number of hydrogen-bond acceptors (Lipinski definition) is 8. The molecule has 11 heteroatoms. The Morgan fingerprint density at radius 3 is 2.67 bits per heavy atom. The van der Waals surface area contributed by atoms with Crippen LogP contribution in [0.1, 0.15) is 29.6 Å². The molecule has 1 aliphatic rings. The fraction of sp³-hybridized carbons (Fsp3) is 0.280. The maximum absolute atomic E-state index is 12.9. The number of carbonyl (C=O) groups excluding carboxylic acids is 1. The number of hydrogen-bond donors (Lipinski definition) is 1. The minimum absolute atomic E-state index is 0.130. The summed E-state index contributed by atoms with van der Waals surface area (Å²) in [5.41, 5.74) is 1.53. The van der Waals surface area contributed by atoms with Crippen molar-refractivity contribution in [2.45, 2.75) is 26.3 Å². The molecule has 4 aromatic rings. The van der Waals surface area contributed by atoms with Crippen LogP contribution in [0.3, 0.4) is 0 Å². The van der Waals surface area contributed by atoms with Gasteiger partial charge >= 0.3 is 17.5 Å². The molecule has 0 saturated heterocycles. The molecule has 2 aromatic carbocycles. The van der Waals surface area contributed by atoms with E-state index in [0.717, 1.165) is 28.6 Å². The van der Waals surface area contributed by atoms with Gasteiger partial charge in [-0.1, -0.05) is 41.6 Å². The van der Waals surface area contributed by atoms with Crippen LogP contribution in [0.5, 0.6) is 0 Å². The maximum atomic E-state index is 12.9. The number of nitrogens with one attached hydrogen (secondary N) is 1. The second-order valence-electron chi connectivity index (χ2n) is 8.33. The molecule has 1 amide bonds. The van der Waals surface area contributed by atoms with E-state index in [9.17, 15) is 14.4 Å². The molecule has 0 unspecified atom stereocenters. The van der Waals surface area contributed by atoms with Crippen LogP contribution in [0.15, 0.2) is 68.7 Å². The van der Waals surface area contributed by atoms with Crippen molar-refractivity contribution in [3.63, 3.8) is 0 Å². The van der Waals surface area contributed by atoms with Gasteiger partial charge in [0.2, 0.25) is 5.82 Å². The van der Waals surface area contributed by atoms with E-state index in [0.29, 0.717) is 18.8 Å². The molecule has 0 atom stereocenters. The number of fused-ring (bicyclic) bond motifs is 1. The number of rotatable bonds is 7. The molecule has 1 aliphatic heterocycles. The second kappa shape index (κ2) is 9.98. The van der Waals surface area contributed by atoms with Gasteiger partial charge in [-0.25, -0.2) is 4.79 Å². The first-order chi connectivity index (χ1) is 17.6. The number of benzene rings is 2. The molecule has 36 heavy (non-hydrogen) atoms. The zero-order valence-corrected chi connectivity index (χ0v) is 19.8. The Morgan fingerprint density at radius 2 is 1.86 bits per heavy atom. The van der Waals surface area contributed by atoms with Crippen molar-refractivity contribution in [2.75, 3.05) is 24.5 Å². The first kappa shape index (κ1) is 23.2. The lowest BCUT2D eigenvalue weighted by atomic mass is 10.0. The van der Waals surface area contributed by atoms with E-state index in [2.05, 4.69) is 37.6 Å². The zero-order chi connectivity index (χ0) is 25.1. The Kier molecular flexibility index (Phi) is 6.44. The Labute approximate surface area is 206 Å². The maximum Gasteiger partial charge on any atom is 0.352 e. The summed E-state index contributed by atoms with van der Waals surface area (Å²) in [4.78, 5) is 44.6. The highest BCUT2D eigenvalue weighted by Crippen LogP contribution is 2.26. The van der Waals surface area contributed by atoms with E-state index in [1.165, 1.54) is 11.3 Å². The van der Waals surface area contributed by atoms with Crippen LogP contribution >= 0.6 is 0 Å². The molecule has 184 valence electrons. The van der Waals surface area contributed by atoms with E-state index >= 15 is 0 Å². The van der Waals surface area contributed by atoms with Gasteiger partial charge in [0.1, 0.15) is 0 Å². The lowest BCUT2D eigenvalue weighted by Gasteiger charge is -2.31. The van der Waals surface area contributed by atoms with E-state index in [1.807, 2.05) is 12.1 Å². The lowest BCUT2D eigenvalue weighted by molar-refractivity contribution is 0.0911. The second-order valence-corrected chi connectivity index (χ2v) is 8.33. The average Bonchev–Trinajstić information content (AvgIpc) is 3.40. The summed E-state index contributed by atoms with van der Waals surface area (Å²) in [6.07, 6.45) is 2.11. The number of aryl methyl sites for hydroxylation is 1. The minimum Gasteiger partial charge on any atom is -0.370 e. The molecule has 0 bridgehead atoms. The topological polar surface area (TPSA) is 128 Å². The van der Waals surface area contributed by atoms with Crippen molar-refractivity contribution < 1.29 is 9.32 Å². The Morgan fingerprint density at radius 1 is 1.08 bits per heavy atom. The highest BCUT2D eigenvalue weighted by molar-refractivity contribution is 5.89. The van der Waals surface area contributed by atoms with Crippen molar-refractivity contribution in [1.29, 1.82) is 0 Å². The Balaban J connectivity index is 1.34. The number of anilines is 1. The van der Waals surface area contributed by atoms with Gasteiger partial charge in [0.15, 0.2) is 5.69 Å². The quantitative estimate of drug-likeness (QED) is 0.417. The molecule has 0 fully saturated rings. The normalized spacial score (nSPS) is 12.9. The molecular weight excluding hydrogens is 462 g/mol. The molecule has 5 rings (SSSR count). The SMILES string of the molecule is CCn1c(=O)c(-c2noc(C(=O)NCCN3CCCc4ccccc43)n2)nn(-c2ccccc2)c1=O. The zero-order valence-electron chi connectivity index (χ0n) is 19.8. The molecule has 0 radical (unpaired) electrons. The van der Waals surface area contributed by atoms with Gasteiger partial charge in [-0.2, -0.15) is 14.8 Å². The van der Waals surface area contributed by atoms with Gasteiger partial charge in [-0.05, 0) is 43.5 Å². The third-order valence-electron chi connectivity index (χ3n) is 6.08.